The van der Waals surface area contributed by atoms with Crippen LogP contribution < -0.4 is 5.73 Å². The average Bonchev–Trinajstić information content (AvgIpc) is 2.41. The van der Waals surface area contributed by atoms with Gasteiger partial charge in [-0.1, -0.05) is 48.5 Å². The van der Waals surface area contributed by atoms with E-state index in [4.69, 9.17) is 10.8 Å². The number of carboxylic acid groups (broad SMARTS) is 1. The Morgan fingerprint density at radius 1 is 0.842 bits per heavy atom. The maximum Gasteiger partial charge on any atom is 0.307 e. The third kappa shape index (κ3) is 3.93. The van der Waals surface area contributed by atoms with Crippen molar-refractivity contribution in [2.45, 2.75) is 19.4 Å². The molecule has 0 aromatic heterocycles. The molecule has 2 aromatic carbocycles. The maximum absolute atomic E-state index is 10.6. The van der Waals surface area contributed by atoms with Crippen molar-refractivity contribution in [1.29, 1.82) is 0 Å². The third-order valence-electron chi connectivity index (χ3n) is 3.05. The molecule has 0 unspecified atom stereocenters. The van der Waals surface area contributed by atoms with E-state index in [2.05, 4.69) is 12.1 Å². The van der Waals surface area contributed by atoms with E-state index in [9.17, 15) is 4.79 Å². The summed E-state index contributed by atoms with van der Waals surface area (Å²) in [5, 5.41) is 8.71. The van der Waals surface area contributed by atoms with Gasteiger partial charge in [-0.25, -0.2) is 0 Å². The molecule has 19 heavy (non-hydrogen) atoms. The molecule has 3 N–H and O–H groups in total. The first-order valence-corrected chi connectivity index (χ1v) is 6.25. The van der Waals surface area contributed by atoms with Gasteiger partial charge in [0.1, 0.15) is 0 Å². The van der Waals surface area contributed by atoms with Crippen LogP contribution in [-0.2, 0) is 24.2 Å². The van der Waals surface area contributed by atoms with Crippen LogP contribution in [0.5, 0.6) is 0 Å². The fourth-order valence-corrected chi connectivity index (χ4v) is 1.98. The highest BCUT2D eigenvalue weighted by Crippen LogP contribution is 2.12. The Balaban J connectivity index is 2.04. The zero-order valence-corrected chi connectivity index (χ0v) is 10.7. The molecule has 3 nitrogen and oxygen atoms in total. The Hall–Kier alpha value is -2.13. The molecule has 0 radical (unpaired) electrons. The summed E-state index contributed by atoms with van der Waals surface area (Å²) in [5.41, 5.74) is 9.92. The van der Waals surface area contributed by atoms with Crippen molar-refractivity contribution in [3.8, 4) is 0 Å². The van der Waals surface area contributed by atoms with Crippen LogP contribution in [0.2, 0.25) is 0 Å². The summed E-state index contributed by atoms with van der Waals surface area (Å²) in [6.07, 6.45) is 0.920. The van der Waals surface area contributed by atoms with Gasteiger partial charge in [0, 0.05) is 6.54 Å². The molecule has 0 fully saturated rings. The van der Waals surface area contributed by atoms with Crippen LogP contribution in [-0.4, -0.2) is 11.1 Å². The summed E-state index contributed by atoms with van der Waals surface area (Å²) in [6, 6.07) is 15.9. The van der Waals surface area contributed by atoms with Gasteiger partial charge in [0.15, 0.2) is 0 Å². The number of aliphatic carboxylic acids is 1. The number of hydrogen-bond donors (Lipinski definition) is 2. The molecule has 0 bridgehead atoms. The largest absolute Gasteiger partial charge is 0.481 e. The van der Waals surface area contributed by atoms with Crippen molar-refractivity contribution in [3.63, 3.8) is 0 Å². The molecule has 0 saturated carbocycles. The van der Waals surface area contributed by atoms with Gasteiger partial charge in [-0.05, 0) is 28.7 Å². The number of carbonyl (C=O) groups is 1. The molecule has 98 valence electrons. The average molecular weight is 255 g/mol. The molecule has 0 amide bonds. The number of nitrogens with two attached hydrogens (primary N) is 1. The van der Waals surface area contributed by atoms with Crippen molar-refractivity contribution < 1.29 is 9.90 Å². The quantitative estimate of drug-likeness (QED) is 0.862. The second-order valence-electron chi connectivity index (χ2n) is 4.58. The van der Waals surface area contributed by atoms with E-state index in [0.717, 1.165) is 17.5 Å². The molecule has 0 atom stereocenters. The highest BCUT2D eigenvalue weighted by atomic mass is 16.4. The van der Waals surface area contributed by atoms with Crippen molar-refractivity contribution in [3.05, 3.63) is 70.8 Å². The highest BCUT2D eigenvalue weighted by molar-refractivity contribution is 5.70. The fraction of sp³-hybridized carbons (Fsp3) is 0.188. The lowest BCUT2D eigenvalue weighted by atomic mass is 10.0. The second kappa shape index (κ2) is 6.16. The molecule has 0 aliphatic rings. The molecule has 2 aromatic rings. The Labute approximate surface area is 112 Å². The van der Waals surface area contributed by atoms with Gasteiger partial charge >= 0.3 is 5.97 Å². The molecular formula is C16H17NO2. The first-order chi connectivity index (χ1) is 9.17. The van der Waals surface area contributed by atoms with E-state index >= 15 is 0 Å². The lowest BCUT2D eigenvalue weighted by Gasteiger charge is -2.04. The van der Waals surface area contributed by atoms with Crippen LogP contribution in [0.15, 0.2) is 48.5 Å². The van der Waals surface area contributed by atoms with Gasteiger partial charge in [0.25, 0.3) is 0 Å². The van der Waals surface area contributed by atoms with Crippen LogP contribution in [0, 0.1) is 0 Å². The van der Waals surface area contributed by atoms with E-state index in [0.29, 0.717) is 6.54 Å². The number of hydrogen-bond acceptors (Lipinski definition) is 2. The first kappa shape index (κ1) is 13.3. The smallest absolute Gasteiger partial charge is 0.307 e. The van der Waals surface area contributed by atoms with Gasteiger partial charge in [-0.15, -0.1) is 0 Å². The summed E-state index contributed by atoms with van der Waals surface area (Å²) in [5.74, 6) is -0.801. The lowest BCUT2D eigenvalue weighted by Crippen LogP contribution is -2.00. The van der Waals surface area contributed by atoms with Crippen LogP contribution in [0.4, 0.5) is 0 Å². The molecule has 0 heterocycles. The Morgan fingerprint density at radius 2 is 1.26 bits per heavy atom. The van der Waals surface area contributed by atoms with E-state index in [-0.39, 0.29) is 6.42 Å². The first-order valence-electron chi connectivity index (χ1n) is 6.25. The number of rotatable bonds is 5. The standard InChI is InChI=1S/C16H17NO2/c17-11-15-7-5-13(6-8-15)9-12-1-3-14(4-2-12)10-16(18)19/h1-8H,9-11,17H2,(H,18,19). The summed E-state index contributed by atoms with van der Waals surface area (Å²) in [6.45, 7) is 0.560. The van der Waals surface area contributed by atoms with Crippen molar-refractivity contribution >= 4 is 5.97 Å². The van der Waals surface area contributed by atoms with Crippen LogP contribution in [0.25, 0.3) is 0 Å². The van der Waals surface area contributed by atoms with E-state index in [1.807, 2.05) is 36.4 Å². The predicted octanol–water partition coefficient (Wildman–Crippen LogP) is 2.36. The zero-order valence-electron chi connectivity index (χ0n) is 10.7. The summed E-state index contributed by atoms with van der Waals surface area (Å²) < 4.78 is 0. The number of benzene rings is 2. The molecule has 0 spiro atoms. The zero-order chi connectivity index (χ0) is 13.7. The van der Waals surface area contributed by atoms with Crippen LogP contribution in [0.1, 0.15) is 22.3 Å². The van der Waals surface area contributed by atoms with Crippen molar-refractivity contribution in [2.24, 2.45) is 5.73 Å². The van der Waals surface area contributed by atoms with Gasteiger partial charge in [-0.2, -0.15) is 0 Å². The van der Waals surface area contributed by atoms with Crippen LogP contribution >= 0.6 is 0 Å². The topological polar surface area (TPSA) is 63.3 Å². The minimum Gasteiger partial charge on any atom is -0.481 e. The van der Waals surface area contributed by atoms with Gasteiger partial charge in [0.05, 0.1) is 6.42 Å². The molecule has 0 aliphatic heterocycles. The molecule has 2 rings (SSSR count). The minimum absolute atomic E-state index is 0.0749. The summed E-state index contributed by atoms with van der Waals surface area (Å²) in [7, 11) is 0. The predicted molar refractivity (Wildman–Crippen MR) is 74.9 cm³/mol. The second-order valence-corrected chi connectivity index (χ2v) is 4.58. The Morgan fingerprint density at radius 3 is 1.68 bits per heavy atom. The fourth-order valence-electron chi connectivity index (χ4n) is 1.98. The molecule has 0 aliphatic carbocycles. The van der Waals surface area contributed by atoms with Gasteiger partial charge in [-0.3, -0.25) is 4.79 Å². The Bertz CT molecular complexity index is 544. The molecule has 0 saturated heterocycles. The highest BCUT2D eigenvalue weighted by Gasteiger charge is 2.01. The summed E-state index contributed by atoms with van der Waals surface area (Å²) in [4.78, 5) is 10.6. The van der Waals surface area contributed by atoms with Crippen LogP contribution in [0.3, 0.4) is 0 Å². The van der Waals surface area contributed by atoms with Gasteiger partial charge in [0.2, 0.25) is 0 Å². The normalized spacial score (nSPS) is 10.4. The SMILES string of the molecule is NCc1ccc(Cc2ccc(CC(=O)O)cc2)cc1. The maximum atomic E-state index is 10.6. The van der Waals surface area contributed by atoms with Crippen molar-refractivity contribution in [2.75, 3.05) is 0 Å². The molecule has 3 heteroatoms. The molecular weight excluding hydrogens is 238 g/mol. The third-order valence-corrected chi connectivity index (χ3v) is 3.05. The van der Waals surface area contributed by atoms with Gasteiger partial charge < -0.3 is 10.8 Å². The minimum atomic E-state index is -0.801. The Kier molecular flexibility index (Phi) is 4.31. The lowest BCUT2D eigenvalue weighted by molar-refractivity contribution is -0.136. The monoisotopic (exact) mass is 255 g/mol. The van der Waals surface area contributed by atoms with Crippen molar-refractivity contribution in [1.82, 2.24) is 0 Å². The number of carboxylic acids is 1. The van der Waals surface area contributed by atoms with E-state index in [1.54, 1.807) is 0 Å². The summed E-state index contributed by atoms with van der Waals surface area (Å²) >= 11 is 0. The van der Waals surface area contributed by atoms with E-state index < -0.39 is 5.97 Å². The van der Waals surface area contributed by atoms with E-state index in [1.165, 1.54) is 11.1 Å².